The lowest BCUT2D eigenvalue weighted by molar-refractivity contribution is 0.551. The maximum atomic E-state index is 5.08. The van der Waals surface area contributed by atoms with Gasteiger partial charge in [0.2, 0.25) is 0 Å². The van der Waals surface area contributed by atoms with Crippen LogP contribution in [0.25, 0.3) is 44.0 Å². The van der Waals surface area contributed by atoms with E-state index in [9.17, 15) is 0 Å². The smallest absolute Gasteiger partial charge is 0.127 e. The van der Waals surface area contributed by atoms with Crippen LogP contribution in [0.5, 0.6) is 0 Å². The molecule has 2 aliphatic heterocycles. The first-order valence-corrected chi connectivity index (χ1v) is 12.2. The van der Waals surface area contributed by atoms with Crippen molar-refractivity contribution < 1.29 is 0 Å². The molecule has 0 unspecified atom stereocenters. The lowest BCUT2D eigenvalue weighted by Crippen LogP contribution is -2.26. The van der Waals surface area contributed by atoms with Crippen LogP contribution in [0.15, 0.2) is 48.5 Å². The van der Waals surface area contributed by atoms with Gasteiger partial charge in [0.05, 0.1) is 33.6 Å². The summed E-state index contributed by atoms with van der Waals surface area (Å²) >= 11 is 0. The summed E-state index contributed by atoms with van der Waals surface area (Å²) in [4.78, 5) is 17.1. The molecule has 0 amide bonds. The zero-order valence-corrected chi connectivity index (χ0v) is 18.4. The van der Waals surface area contributed by atoms with Gasteiger partial charge in [-0.3, -0.25) is 0 Å². The first kappa shape index (κ1) is 18.2. The standard InChI is InChI=1S/C27H26N6/c1-2-22(28-10-1)25-30-20-7-4-16(13-23(20)31-25)15-3-6-19-17(12-15)5-8-21-24(19)33-26(32-21)27-14-18(27)9-11-29-27/h3-8,12-13,18,22,28-29H,1-2,9-11,14H2,(H,30,31)(H,32,33)/t18-,22-,27+/m0/s1. The van der Waals surface area contributed by atoms with Crippen molar-refractivity contribution in [1.82, 2.24) is 30.6 Å². The largest absolute Gasteiger partial charge is 0.341 e. The van der Waals surface area contributed by atoms with Gasteiger partial charge in [-0.2, -0.15) is 0 Å². The summed E-state index contributed by atoms with van der Waals surface area (Å²) in [5.41, 5.74) is 6.88. The second kappa shape index (κ2) is 6.43. The number of hydrogen-bond donors (Lipinski definition) is 4. The number of nitrogens with zero attached hydrogens (tertiary/aromatic N) is 2. The molecule has 5 aromatic rings. The van der Waals surface area contributed by atoms with Crippen molar-refractivity contribution in [3.05, 3.63) is 60.2 Å². The van der Waals surface area contributed by atoms with E-state index in [-0.39, 0.29) is 5.54 Å². The number of H-pyrrole nitrogens is 2. The molecule has 6 nitrogen and oxygen atoms in total. The number of aromatic amines is 2. The summed E-state index contributed by atoms with van der Waals surface area (Å²) in [6.07, 6.45) is 4.84. The van der Waals surface area contributed by atoms with Gasteiger partial charge in [-0.25, -0.2) is 9.97 Å². The highest BCUT2D eigenvalue weighted by Gasteiger charge is 2.60. The van der Waals surface area contributed by atoms with Crippen molar-refractivity contribution in [2.75, 3.05) is 13.1 Å². The Morgan fingerprint density at radius 3 is 2.64 bits per heavy atom. The Balaban J connectivity index is 1.19. The molecule has 3 fully saturated rings. The first-order chi connectivity index (χ1) is 16.3. The van der Waals surface area contributed by atoms with E-state index in [2.05, 4.69) is 69.1 Å². The summed E-state index contributed by atoms with van der Waals surface area (Å²) in [6, 6.07) is 18.0. The van der Waals surface area contributed by atoms with Crippen LogP contribution in [0.4, 0.5) is 0 Å². The fourth-order valence-electron chi connectivity index (χ4n) is 6.22. The fraction of sp³-hybridized carbons (Fsp3) is 0.333. The van der Waals surface area contributed by atoms with Gasteiger partial charge in [-0.15, -0.1) is 0 Å². The van der Waals surface area contributed by atoms with Crippen LogP contribution in [0, 0.1) is 5.92 Å². The minimum Gasteiger partial charge on any atom is -0.341 e. The second-order valence-electron chi connectivity index (χ2n) is 10.1. The molecule has 0 spiro atoms. The number of aromatic nitrogens is 4. The highest BCUT2D eigenvalue weighted by molar-refractivity contribution is 6.05. The predicted octanol–water partition coefficient (Wildman–Crippen LogP) is 4.89. The van der Waals surface area contributed by atoms with Gasteiger partial charge in [0.15, 0.2) is 0 Å². The Morgan fingerprint density at radius 2 is 1.79 bits per heavy atom. The van der Waals surface area contributed by atoms with Gasteiger partial charge in [0.25, 0.3) is 0 Å². The van der Waals surface area contributed by atoms with Crippen molar-refractivity contribution in [3.8, 4) is 11.1 Å². The third-order valence-electron chi connectivity index (χ3n) is 8.15. The third kappa shape index (κ3) is 2.62. The number of benzene rings is 3. The molecule has 1 aliphatic carbocycles. The fourth-order valence-corrected chi connectivity index (χ4v) is 6.22. The van der Waals surface area contributed by atoms with Crippen molar-refractivity contribution in [2.45, 2.75) is 37.3 Å². The molecule has 2 saturated heterocycles. The number of rotatable bonds is 3. The van der Waals surface area contributed by atoms with E-state index in [1.165, 1.54) is 41.2 Å². The molecule has 3 atom stereocenters. The average Bonchev–Trinajstić information content (AvgIpc) is 3.44. The van der Waals surface area contributed by atoms with Crippen LogP contribution in [-0.2, 0) is 5.54 Å². The van der Waals surface area contributed by atoms with Crippen molar-refractivity contribution in [2.24, 2.45) is 5.92 Å². The van der Waals surface area contributed by atoms with Crippen LogP contribution in [0.1, 0.15) is 43.4 Å². The normalized spacial score (nSPS) is 26.5. The monoisotopic (exact) mass is 434 g/mol. The number of fused-ring (bicyclic) bond motifs is 5. The van der Waals surface area contributed by atoms with E-state index in [0.29, 0.717) is 6.04 Å². The van der Waals surface area contributed by atoms with E-state index < -0.39 is 0 Å². The maximum Gasteiger partial charge on any atom is 0.127 e. The van der Waals surface area contributed by atoms with Gasteiger partial charge in [0, 0.05) is 5.39 Å². The van der Waals surface area contributed by atoms with Crippen molar-refractivity contribution in [1.29, 1.82) is 0 Å². The van der Waals surface area contributed by atoms with Gasteiger partial charge < -0.3 is 20.6 Å². The van der Waals surface area contributed by atoms with Gasteiger partial charge in [-0.1, -0.05) is 24.3 Å². The van der Waals surface area contributed by atoms with Crippen LogP contribution >= 0.6 is 0 Å². The number of hydrogen-bond acceptors (Lipinski definition) is 4. The summed E-state index contributed by atoms with van der Waals surface area (Å²) in [6.45, 7) is 2.18. The van der Waals surface area contributed by atoms with Crippen LogP contribution < -0.4 is 10.6 Å². The first-order valence-electron chi connectivity index (χ1n) is 12.2. The Labute approximate surface area is 191 Å². The molecule has 6 heteroatoms. The molecule has 1 saturated carbocycles. The van der Waals surface area contributed by atoms with E-state index in [4.69, 9.17) is 9.97 Å². The zero-order chi connectivity index (χ0) is 21.6. The summed E-state index contributed by atoms with van der Waals surface area (Å²) < 4.78 is 0. The molecule has 2 aromatic heterocycles. The average molecular weight is 435 g/mol. The molecule has 0 radical (unpaired) electrons. The Kier molecular flexibility index (Phi) is 3.55. The molecule has 0 bridgehead atoms. The molecular formula is C27H26N6. The highest BCUT2D eigenvalue weighted by Crippen LogP contribution is 2.56. The molecule has 3 aliphatic rings. The van der Waals surface area contributed by atoms with Crippen LogP contribution in [-0.4, -0.2) is 33.0 Å². The van der Waals surface area contributed by atoms with Crippen LogP contribution in [0.3, 0.4) is 0 Å². The molecule has 4 N–H and O–H groups in total. The molecule has 3 aromatic carbocycles. The highest BCUT2D eigenvalue weighted by atomic mass is 15.2. The molecule has 33 heavy (non-hydrogen) atoms. The number of nitrogens with one attached hydrogen (secondary N) is 4. The van der Waals surface area contributed by atoms with E-state index in [1.807, 2.05) is 0 Å². The Hall–Kier alpha value is -3.22. The molecule has 4 heterocycles. The zero-order valence-electron chi connectivity index (χ0n) is 18.4. The molecule has 164 valence electrons. The Bertz CT molecular complexity index is 1560. The quantitative estimate of drug-likeness (QED) is 0.326. The number of imidazole rings is 2. The topological polar surface area (TPSA) is 81.4 Å². The van der Waals surface area contributed by atoms with E-state index >= 15 is 0 Å². The lowest BCUT2D eigenvalue weighted by atomic mass is 10.0. The lowest BCUT2D eigenvalue weighted by Gasteiger charge is -2.09. The summed E-state index contributed by atoms with van der Waals surface area (Å²) in [5, 5.41) is 9.66. The van der Waals surface area contributed by atoms with Crippen LogP contribution in [0.2, 0.25) is 0 Å². The maximum absolute atomic E-state index is 5.08. The van der Waals surface area contributed by atoms with Gasteiger partial charge in [-0.05, 0) is 85.5 Å². The number of piperidine rings is 1. The molecular weight excluding hydrogens is 408 g/mol. The minimum atomic E-state index is 0.109. The van der Waals surface area contributed by atoms with Gasteiger partial charge >= 0.3 is 0 Å². The second-order valence-corrected chi connectivity index (χ2v) is 10.1. The SMILES string of the molecule is c1cc2c(ccc3[nH]c([C@@]45C[C@@H]4CCN5)nc32)cc1-c1ccc2nc([C@@H]3CCCN3)[nH]c2c1. The summed E-state index contributed by atoms with van der Waals surface area (Å²) in [7, 11) is 0. The Morgan fingerprint density at radius 1 is 0.848 bits per heavy atom. The van der Waals surface area contributed by atoms with Crippen molar-refractivity contribution >= 4 is 32.8 Å². The van der Waals surface area contributed by atoms with Gasteiger partial charge in [0.1, 0.15) is 11.6 Å². The van der Waals surface area contributed by atoms with Crippen molar-refractivity contribution in [3.63, 3.8) is 0 Å². The molecule has 8 rings (SSSR count). The summed E-state index contributed by atoms with van der Waals surface area (Å²) in [5.74, 6) is 2.93. The van der Waals surface area contributed by atoms with E-state index in [1.54, 1.807) is 0 Å². The van der Waals surface area contributed by atoms with E-state index in [0.717, 1.165) is 59.1 Å². The third-order valence-corrected chi connectivity index (χ3v) is 8.15. The predicted molar refractivity (Wildman–Crippen MR) is 131 cm³/mol. The minimum absolute atomic E-state index is 0.109.